The Morgan fingerprint density at radius 3 is 2.45 bits per heavy atom. The lowest BCUT2D eigenvalue weighted by Gasteiger charge is -2.34. The van der Waals surface area contributed by atoms with E-state index in [1.807, 2.05) is 62.4 Å². The first-order valence-electron chi connectivity index (χ1n) is 10.3. The molecule has 1 saturated heterocycles. The standard InChI is InChI=1S/C24H29N3O4/c1-4-6-19-9-10-21(22(16-19)30-3)31-17-23(28)26-11-13-27(14-12-26)24(29)25-20-8-5-7-18(2)15-20/h4-10,15-16H,11-14,17H2,1-3H3,(H,25,29)/b6-4+. The van der Waals surface area contributed by atoms with Gasteiger partial charge in [-0.3, -0.25) is 4.79 Å². The summed E-state index contributed by atoms with van der Waals surface area (Å²) in [6, 6.07) is 13.1. The number of nitrogens with one attached hydrogen (secondary N) is 1. The van der Waals surface area contributed by atoms with Gasteiger partial charge in [0.2, 0.25) is 0 Å². The van der Waals surface area contributed by atoms with Crippen LogP contribution in [0.3, 0.4) is 0 Å². The number of aryl methyl sites for hydroxylation is 1. The predicted octanol–water partition coefficient (Wildman–Crippen LogP) is 3.79. The van der Waals surface area contributed by atoms with Crippen molar-refractivity contribution in [3.8, 4) is 11.5 Å². The van der Waals surface area contributed by atoms with E-state index in [9.17, 15) is 9.59 Å². The number of ether oxygens (including phenoxy) is 2. The van der Waals surface area contributed by atoms with E-state index in [1.54, 1.807) is 23.0 Å². The van der Waals surface area contributed by atoms with Crippen LogP contribution in [0, 0.1) is 6.92 Å². The number of amides is 3. The molecule has 0 radical (unpaired) electrons. The Kier molecular flexibility index (Phi) is 7.54. The molecular formula is C24H29N3O4. The molecular weight excluding hydrogens is 394 g/mol. The van der Waals surface area contributed by atoms with Crippen LogP contribution in [0.2, 0.25) is 0 Å². The summed E-state index contributed by atoms with van der Waals surface area (Å²) < 4.78 is 11.1. The average molecular weight is 424 g/mol. The first-order chi connectivity index (χ1) is 15.0. The zero-order valence-corrected chi connectivity index (χ0v) is 18.3. The lowest BCUT2D eigenvalue weighted by atomic mass is 10.2. The smallest absolute Gasteiger partial charge is 0.321 e. The molecule has 2 aromatic rings. The number of piperazine rings is 1. The Morgan fingerprint density at radius 1 is 1.03 bits per heavy atom. The van der Waals surface area contributed by atoms with Gasteiger partial charge < -0.3 is 24.6 Å². The fraction of sp³-hybridized carbons (Fsp3) is 0.333. The molecule has 164 valence electrons. The van der Waals surface area contributed by atoms with Gasteiger partial charge in [-0.1, -0.05) is 30.4 Å². The van der Waals surface area contributed by atoms with Crippen LogP contribution in [0.25, 0.3) is 6.08 Å². The lowest BCUT2D eigenvalue weighted by molar-refractivity contribution is -0.134. The molecule has 1 N–H and O–H groups in total. The first-order valence-corrected chi connectivity index (χ1v) is 10.3. The first kappa shape index (κ1) is 22.2. The number of benzene rings is 2. The molecule has 0 bridgehead atoms. The van der Waals surface area contributed by atoms with Crippen molar-refractivity contribution in [1.82, 2.24) is 9.80 Å². The molecule has 0 aliphatic carbocycles. The Hall–Kier alpha value is -3.48. The molecule has 7 heteroatoms. The SMILES string of the molecule is C/C=C/c1ccc(OCC(=O)N2CCN(C(=O)Nc3cccc(C)c3)CC2)c(OC)c1. The zero-order valence-electron chi connectivity index (χ0n) is 18.3. The van der Waals surface area contributed by atoms with Crippen molar-refractivity contribution < 1.29 is 19.1 Å². The highest BCUT2D eigenvalue weighted by Crippen LogP contribution is 2.28. The van der Waals surface area contributed by atoms with Gasteiger partial charge in [-0.05, 0) is 49.2 Å². The molecule has 1 fully saturated rings. The highest BCUT2D eigenvalue weighted by Gasteiger charge is 2.24. The summed E-state index contributed by atoms with van der Waals surface area (Å²) in [6.45, 7) is 5.75. The van der Waals surface area contributed by atoms with Crippen molar-refractivity contribution in [3.63, 3.8) is 0 Å². The Morgan fingerprint density at radius 2 is 1.77 bits per heavy atom. The van der Waals surface area contributed by atoms with E-state index >= 15 is 0 Å². The molecule has 0 saturated carbocycles. The minimum atomic E-state index is -0.153. The molecule has 0 spiro atoms. The fourth-order valence-corrected chi connectivity index (χ4v) is 3.41. The predicted molar refractivity (Wildman–Crippen MR) is 122 cm³/mol. The number of nitrogens with zero attached hydrogens (tertiary/aromatic N) is 2. The number of anilines is 1. The highest BCUT2D eigenvalue weighted by molar-refractivity contribution is 5.89. The van der Waals surface area contributed by atoms with Crippen LogP contribution in [-0.4, -0.2) is 61.6 Å². The summed E-state index contributed by atoms with van der Waals surface area (Å²) in [5.74, 6) is 1.000. The van der Waals surface area contributed by atoms with Crippen LogP contribution >= 0.6 is 0 Å². The van der Waals surface area contributed by atoms with E-state index < -0.39 is 0 Å². The van der Waals surface area contributed by atoms with Crippen molar-refractivity contribution in [2.75, 3.05) is 45.2 Å². The van der Waals surface area contributed by atoms with Gasteiger partial charge in [0.05, 0.1) is 7.11 Å². The van der Waals surface area contributed by atoms with Crippen LogP contribution in [0.5, 0.6) is 11.5 Å². The number of hydrogen-bond donors (Lipinski definition) is 1. The maximum absolute atomic E-state index is 12.6. The molecule has 3 amide bonds. The second-order valence-corrected chi connectivity index (χ2v) is 7.37. The third-order valence-electron chi connectivity index (χ3n) is 5.09. The summed E-state index contributed by atoms with van der Waals surface area (Å²) in [7, 11) is 1.57. The molecule has 1 heterocycles. The van der Waals surface area contributed by atoms with Gasteiger partial charge in [-0.25, -0.2) is 4.79 Å². The van der Waals surface area contributed by atoms with Gasteiger partial charge in [0.1, 0.15) is 0 Å². The topological polar surface area (TPSA) is 71.1 Å². The normalized spacial score (nSPS) is 13.9. The monoisotopic (exact) mass is 423 g/mol. The van der Waals surface area contributed by atoms with Gasteiger partial charge in [-0.2, -0.15) is 0 Å². The van der Waals surface area contributed by atoms with Gasteiger partial charge in [0.25, 0.3) is 5.91 Å². The number of rotatable bonds is 6. The molecule has 1 aliphatic heterocycles. The molecule has 0 aromatic heterocycles. The maximum Gasteiger partial charge on any atom is 0.321 e. The Balaban J connectivity index is 1.48. The second-order valence-electron chi connectivity index (χ2n) is 7.37. The molecule has 3 rings (SSSR count). The molecule has 0 unspecified atom stereocenters. The van der Waals surface area contributed by atoms with Crippen molar-refractivity contribution in [3.05, 3.63) is 59.7 Å². The third-order valence-corrected chi connectivity index (χ3v) is 5.09. The summed E-state index contributed by atoms with van der Waals surface area (Å²) >= 11 is 0. The quantitative estimate of drug-likeness (QED) is 0.767. The Labute approximate surface area is 183 Å². The fourth-order valence-electron chi connectivity index (χ4n) is 3.41. The van der Waals surface area contributed by atoms with Crippen LogP contribution in [0.4, 0.5) is 10.5 Å². The highest BCUT2D eigenvalue weighted by atomic mass is 16.5. The van der Waals surface area contributed by atoms with Gasteiger partial charge in [0, 0.05) is 31.9 Å². The average Bonchev–Trinajstić information content (AvgIpc) is 2.78. The number of hydrogen-bond acceptors (Lipinski definition) is 4. The van der Waals surface area contributed by atoms with E-state index in [-0.39, 0.29) is 18.5 Å². The van der Waals surface area contributed by atoms with Crippen LogP contribution in [0.15, 0.2) is 48.5 Å². The van der Waals surface area contributed by atoms with Crippen LogP contribution < -0.4 is 14.8 Å². The van der Waals surface area contributed by atoms with Crippen molar-refractivity contribution in [1.29, 1.82) is 0 Å². The summed E-state index contributed by atoms with van der Waals surface area (Å²) in [4.78, 5) is 28.5. The number of carbonyl (C=O) groups is 2. The number of allylic oxidation sites excluding steroid dienone is 1. The van der Waals surface area contributed by atoms with E-state index in [1.165, 1.54) is 0 Å². The van der Waals surface area contributed by atoms with Gasteiger partial charge >= 0.3 is 6.03 Å². The molecule has 0 atom stereocenters. The zero-order chi connectivity index (χ0) is 22.2. The molecule has 1 aliphatic rings. The van der Waals surface area contributed by atoms with Crippen molar-refractivity contribution in [2.45, 2.75) is 13.8 Å². The molecule has 31 heavy (non-hydrogen) atoms. The van der Waals surface area contributed by atoms with E-state index in [2.05, 4.69) is 5.32 Å². The molecule has 2 aromatic carbocycles. The largest absolute Gasteiger partial charge is 0.493 e. The number of carbonyl (C=O) groups excluding carboxylic acids is 2. The van der Waals surface area contributed by atoms with Gasteiger partial charge in [-0.15, -0.1) is 0 Å². The summed E-state index contributed by atoms with van der Waals surface area (Å²) in [5.41, 5.74) is 2.85. The summed E-state index contributed by atoms with van der Waals surface area (Å²) in [6.07, 6.45) is 3.91. The van der Waals surface area contributed by atoms with Gasteiger partial charge in [0.15, 0.2) is 18.1 Å². The maximum atomic E-state index is 12.6. The van der Waals surface area contributed by atoms with E-state index in [0.29, 0.717) is 37.7 Å². The third kappa shape index (κ3) is 6.01. The van der Waals surface area contributed by atoms with Crippen LogP contribution in [0.1, 0.15) is 18.1 Å². The van der Waals surface area contributed by atoms with Crippen molar-refractivity contribution >= 4 is 23.7 Å². The van der Waals surface area contributed by atoms with Crippen LogP contribution in [-0.2, 0) is 4.79 Å². The number of urea groups is 1. The number of methoxy groups -OCH3 is 1. The molecule has 7 nitrogen and oxygen atoms in total. The van der Waals surface area contributed by atoms with E-state index in [0.717, 1.165) is 16.8 Å². The van der Waals surface area contributed by atoms with Crippen molar-refractivity contribution in [2.24, 2.45) is 0 Å². The lowest BCUT2D eigenvalue weighted by Crippen LogP contribution is -2.52. The van der Waals surface area contributed by atoms with E-state index in [4.69, 9.17) is 9.47 Å². The second kappa shape index (κ2) is 10.5. The minimum absolute atomic E-state index is 0.0746. The summed E-state index contributed by atoms with van der Waals surface area (Å²) in [5, 5.41) is 2.91. The Bertz CT molecular complexity index is 950. The minimum Gasteiger partial charge on any atom is -0.493 e.